The SMILES string of the molecule is CNc1nccn1CC1C(C)(C)C1(C)C. The molecule has 0 unspecified atom stereocenters. The molecule has 15 heavy (non-hydrogen) atoms. The summed E-state index contributed by atoms with van der Waals surface area (Å²) in [5.74, 6) is 1.71. The van der Waals surface area contributed by atoms with E-state index >= 15 is 0 Å². The third kappa shape index (κ3) is 1.36. The van der Waals surface area contributed by atoms with E-state index in [2.05, 4.69) is 48.8 Å². The normalized spacial score (nSPS) is 22.7. The van der Waals surface area contributed by atoms with Gasteiger partial charge in [0.25, 0.3) is 0 Å². The van der Waals surface area contributed by atoms with Gasteiger partial charge in [0.2, 0.25) is 5.95 Å². The highest BCUT2D eigenvalue weighted by Gasteiger charge is 2.64. The number of hydrogen-bond acceptors (Lipinski definition) is 2. The summed E-state index contributed by atoms with van der Waals surface area (Å²) >= 11 is 0. The number of nitrogens with zero attached hydrogens (tertiary/aromatic N) is 2. The topological polar surface area (TPSA) is 29.9 Å². The number of nitrogens with one attached hydrogen (secondary N) is 1. The van der Waals surface area contributed by atoms with Crippen LogP contribution in [0.4, 0.5) is 5.95 Å². The third-order valence-electron chi connectivity index (χ3n) is 4.64. The van der Waals surface area contributed by atoms with Gasteiger partial charge in [0.05, 0.1) is 0 Å². The fourth-order valence-electron chi connectivity index (χ4n) is 2.67. The molecule has 0 amide bonds. The molecule has 0 radical (unpaired) electrons. The largest absolute Gasteiger partial charge is 0.359 e. The maximum Gasteiger partial charge on any atom is 0.202 e. The Bertz CT molecular complexity index is 349. The van der Waals surface area contributed by atoms with Crippen LogP contribution in [-0.2, 0) is 6.54 Å². The number of rotatable bonds is 3. The number of anilines is 1. The van der Waals surface area contributed by atoms with E-state index in [1.165, 1.54) is 0 Å². The van der Waals surface area contributed by atoms with Crippen LogP contribution in [-0.4, -0.2) is 16.6 Å². The zero-order chi connectivity index (χ0) is 11.3. The monoisotopic (exact) mass is 207 g/mol. The van der Waals surface area contributed by atoms with Crippen molar-refractivity contribution in [1.29, 1.82) is 0 Å². The van der Waals surface area contributed by atoms with Crippen LogP contribution in [0, 0.1) is 16.7 Å². The lowest BCUT2D eigenvalue weighted by atomic mass is 10.0. The Kier molecular flexibility index (Phi) is 2.11. The van der Waals surface area contributed by atoms with Crippen molar-refractivity contribution in [2.75, 3.05) is 12.4 Å². The molecule has 0 aliphatic heterocycles. The van der Waals surface area contributed by atoms with Crippen LogP contribution in [0.1, 0.15) is 27.7 Å². The second kappa shape index (κ2) is 3.00. The summed E-state index contributed by atoms with van der Waals surface area (Å²) in [4.78, 5) is 4.26. The van der Waals surface area contributed by atoms with Crippen molar-refractivity contribution in [1.82, 2.24) is 9.55 Å². The molecule has 0 aromatic carbocycles. The summed E-state index contributed by atoms with van der Waals surface area (Å²) in [6.45, 7) is 10.5. The first-order valence-corrected chi connectivity index (χ1v) is 5.60. The van der Waals surface area contributed by atoms with E-state index in [4.69, 9.17) is 0 Å². The Labute approximate surface area is 91.9 Å². The van der Waals surface area contributed by atoms with Crippen molar-refractivity contribution in [2.45, 2.75) is 34.2 Å². The van der Waals surface area contributed by atoms with Crippen LogP contribution in [0.25, 0.3) is 0 Å². The molecule has 1 aliphatic carbocycles. The molecule has 0 saturated heterocycles. The van der Waals surface area contributed by atoms with E-state index in [9.17, 15) is 0 Å². The van der Waals surface area contributed by atoms with Crippen molar-refractivity contribution < 1.29 is 0 Å². The lowest BCUT2D eigenvalue weighted by Crippen LogP contribution is -2.07. The molecule has 0 spiro atoms. The smallest absolute Gasteiger partial charge is 0.202 e. The fraction of sp³-hybridized carbons (Fsp3) is 0.750. The molecule has 1 saturated carbocycles. The van der Waals surface area contributed by atoms with Crippen molar-refractivity contribution >= 4 is 5.95 Å². The van der Waals surface area contributed by atoms with Crippen LogP contribution < -0.4 is 5.32 Å². The van der Waals surface area contributed by atoms with E-state index < -0.39 is 0 Å². The second-order valence-corrected chi connectivity index (χ2v) is 5.65. The minimum atomic E-state index is 0.447. The maximum atomic E-state index is 4.26. The molecule has 1 aromatic rings. The van der Waals surface area contributed by atoms with E-state index in [0.717, 1.165) is 18.4 Å². The highest BCUT2D eigenvalue weighted by atomic mass is 15.2. The predicted octanol–water partition coefficient (Wildman–Crippen LogP) is 2.61. The van der Waals surface area contributed by atoms with Gasteiger partial charge in [-0.05, 0) is 16.7 Å². The van der Waals surface area contributed by atoms with Gasteiger partial charge in [-0.15, -0.1) is 0 Å². The Morgan fingerprint density at radius 1 is 1.33 bits per heavy atom. The first-order valence-electron chi connectivity index (χ1n) is 5.60. The molecule has 0 bridgehead atoms. The summed E-state index contributed by atoms with van der Waals surface area (Å²) in [7, 11) is 1.92. The van der Waals surface area contributed by atoms with Crippen LogP contribution >= 0.6 is 0 Å². The Morgan fingerprint density at radius 2 is 1.93 bits per heavy atom. The van der Waals surface area contributed by atoms with Gasteiger partial charge in [-0.25, -0.2) is 4.98 Å². The average Bonchev–Trinajstić information content (AvgIpc) is 2.59. The van der Waals surface area contributed by atoms with Crippen molar-refractivity contribution in [3.8, 4) is 0 Å². The molecular formula is C12H21N3. The van der Waals surface area contributed by atoms with Crippen molar-refractivity contribution in [2.24, 2.45) is 16.7 Å². The Hall–Kier alpha value is -0.990. The highest BCUT2D eigenvalue weighted by Crippen LogP contribution is 2.68. The first kappa shape index (κ1) is 10.5. The van der Waals surface area contributed by atoms with Gasteiger partial charge in [-0.3, -0.25) is 0 Å². The summed E-state index contributed by atoms with van der Waals surface area (Å²) in [5.41, 5.74) is 0.893. The second-order valence-electron chi connectivity index (χ2n) is 5.65. The molecule has 0 atom stereocenters. The molecule has 1 aromatic heterocycles. The van der Waals surface area contributed by atoms with Crippen LogP contribution in [0.5, 0.6) is 0 Å². The molecule has 1 N–H and O–H groups in total. The maximum absolute atomic E-state index is 4.26. The molecule has 2 rings (SSSR count). The van der Waals surface area contributed by atoms with E-state index in [1.54, 1.807) is 0 Å². The quantitative estimate of drug-likeness (QED) is 0.825. The van der Waals surface area contributed by atoms with Gasteiger partial charge < -0.3 is 9.88 Å². The standard InChI is InChI=1S/C12H21N3/c1-11(2)9(12(11,3)4)8-15-7-6-14-10(15)13-5/h6-7,9H,8H2,1-5H3,(H,13,14). The summed E-state index contributed by atoms with van der Waals surface area (Å²) in [5, 5.41) is 3.12. The average molecular weight is 207 g/mol. The Morgan fingerprint density at radius 3 is 2.40 bits per heavy atom. The zero-order valence-electron chi connectivity index (χ0n) is 10.3. The fourth-order valence-corrected chi connectivity index (χ4v) is 2.67. The van der Waals surface area contributed by atoms with Crippen LogP contribution in [0.3, 0.4) is 0 Å². The van der Waals surface area contributed by atoms with Gasteiger partial charge in [-0.1, -0.05) is 27.7 Å². The Balaban J connectivity index is 2.12. The lowest BCUT2D eigenvalue weighted by Gasteiger charge is -2.08. The first-order chi connectivity index (χ1) is 6.91. The molecule has 84 valence electrons. The van der Waals surface area contributed by atoms with Gasteiger partial charge in [0.1, 0.15) is 0 Å². The van der Waals surface area contributed by atoms with E-state index in [1.807, 2.05) is 13.2 Å². The minimum absolute atomic E-state index is 0.447. The summed E-state index contributed by atoms with van der Waals surface area (Å²) in [6.07, 6.45) is 3.91. The minimum Gasteiger partial charge on any atom is -0.359 e. The van der Waals surface area contributed by atoms with Crippen LogP contribution in [0.15, 0.2) is 12.4 Å². The molecule has 1 fully saturated rings. The molecule has 1 heterocycles. The van der Waals surface area contributed by atoms with E-state index in [-0.39, 0.29) is 0 Å². The highest BCUT2D eigenvalue weighted by molar-refractivity contribution is 5.25. The lowest BCUT2D eigenvalue weighted by molar-refractivity contribution is 0.457. The number of aromatic nitrogens is 2. The third-order valence-corrected chi connectivity index (χ3v) is 4.64. The van der Waals surface area contributed by atoms with Gasteiger partial charge in [-0.2, -0.15) is 0 Å². The van der Waals surface area contributed by atoms with Crippen LogP contribution in [0.2, 0.25) is 0 Å². The van der Waals surface area contributed by atoms with Gasteiger partial charge in [0.15, 0.2) is 0 Å². The summed E-state index contributed by atoms with van der Waals surface area (Å²) in [6, 6.07) is 0. The molecule has 3 heteroatoms. The van der Waals surface area contributed by atoms with Gasteiger partial charge in [0, 0.05) is 26.0 Å². The number of hydrogen-bond donors (Lipinski definition) is 1. The number of imidazole rings is 1. The predicted molar refractivity (Wildman–Crippen MR) is 62.8 cm³/mol. The zero-order valence-corrected chi connectivity index (χ0v) is 10.3. The molecular weight excluding hydrogens is 186 g/mol. The summed E-state index contributed by atoms with van der Waals surface area (Å²) < 4.78 is 2.21. The molecule has 1 aliphatic rings. The molecule has 3 nitrogen and oxygen atoms in total. The van der Waals surface area contributed by atoms with Crippen molar-refractivity contribution in [3.05, 3.63) is 12.4 Å². The van der Waals surface area contributed by atoms with E-state index in [0.29, 0.717) is 10.8 Å². The van der Waals surface area contributed by atoms with Gasteiger partial charge >= 0.3 is 0 Å². The van der Waals surface area contributed by atoms with Crippen molar-refractivity contribution in [3.63, 3.8) is 0 Å².